The minimum atomic E-state index is 0.0203. The zero-order valence-corrected chi connectivity index (χ0v) is 8.14. The third-order valence-corrected chi connectivity index (χ3v) is 1.88. The lowest BCUT2D eigenvalue weighted by atomic mass is 9.89. The topological polar surface area (TPSA) is 52.0 Å². The van der Waals surface area contributed by atoms with Crippen molar-refractivity contribution < 1.29 is 4.52 Å². The van der Waals surface area contributed by atoms with Gasteiger partial charge in [0.05, 0.1) is 5.69 Å². The molecule has 0 bridgehead atoms. The van der Waals surface area contributed by atoms with Crippen LogP contribution in [0.1, 0.15) is 39.0 Å². The molecule has 0 aliphatic heterocycles. The van der Waals surface area contributed by atoms with Crippen LogP contribution >= 0.6 is 0 Å². The molecule has 0 radical (unpaired) electrons. The highest BCUT2D eigenvalue weighted by Crippen LogP contribution is 2.28. The number of hydrogen-bond donors (Lipinski definition) is 1. The molecular formula is C9H16N2O. The summed E-state index contributed by atoms with van der Waals surface area (Å²) in [5, 5.41) is 3.96. The average Bonchev–Trinajstić information content (AvgIpc) is 2.29. The first-order valence-corrected chi connectivity index (χ1v) is 4.21. The number of nitrogen functional groups attached to an aromatic ring is 1. The summed E-state index contributed by atoms with van der Waals surface area (Å²) >= 11 is 0. The Hall–Kier alpha value is -0.990. The van der Waals surface area contributed by atoms with E-state index in [1.54, 1.807) is 0 Å². The molecule has 0 aliphatic rings. The Bertz CT molecular complexity index is 271. The third-order valence-electron chi connectivity index (χ3n) is 1.88. The zero-order valence-electron chi connectivity index (χ0n) is 8.14. The van der Waals surface area contributed by atoms with Gasteiger partial charge in [0.2, 0.25) is 5.88 Å². The third kappa shape index (κ3) is 1.44. The number of nitrogens with two attached hydrogens (primary N) is 1. The molecule has 3 heteroatoms. The Labute approximate surface area is 72.9 Å². The van der Waals surface area contributed by atoms with Crippen molar-refractivity contribution in [2.24, 2.45) is 0 Å². The Morgan fingerprint density at radius 2 is 2.00 bits per heavy atom. The van der Waals surface area contributed by atoms with Crippen LogP contribution in [0, 0.1) is 0 Å². The predicted octanol–water partition coefficient (Wildman–Crippen LogP) is 2.12. The van der Waals surface area contributed by atoms with Gasteiger partial charge in [-0.2, -0.15) is 0 Å². The van der Waals surface area contributed by atoms with Crippen LogP contribution < -0.4 is 5.73 Å². The minimum Gasteiger partial charge on any atom is -0.367 e. The van der Waals surface area contributed by atoms with Crippen LogP contribution in [0.2, 0.25) is 0 Å². The average molecular weight is 168 g/mol. The second kappa shape index (κ2) is 2.81. The van der Waals surface area contributed by atoms with E-state index < -0.39 is 0 Å². The van der Waals surface area contributed by atoms with Gasteiger partial charge in [0.25, 0.3) is 0 Å². The fourth-order valence-corrected chi connectivity index (χ4v) is 1.25. The van der Waals surface area contributed by atoms with Crippen molar-refractivity contribution in [2.45, 2.75) is 39.5 Å². The first kappa shape index (κ1) is 9.10. The maximum atomic E-state index is 5.62. The number of rotatable bonds is 1. The van der Waals surface area contributed by atoms with Gasteiger partial charge in [-0.3, -0.25) is 0 Å². The summed E-state index contributed by atoms with van der Waals surface area (Å²) in [5.74, 6) is 0.461. The summed E-state index contributed by atoms with van der Waals surface area (Å²) in [7, 11) is 0. The van der Waals surface area contributed by atoms with Gasteiger partial charge in [-0.05, 0) is 6.42 Å². The van der Waals surface area contributed by atoms with Gasteiger partial charge in [-0.1, -0.05) is 32.9 Å². The highest BCUT2D eigenvalue weighted by atomic mass is 16.5. The molecule has 0 spiro atoms. The van der Waals surface area contributed by atoms with Crippen LogP contribution in [-0.2, 0) is 11.8 Å². The quantitative estimate of drug-likeness (QED) is 0.698. The number of aromatic nitrogens is 1. The normalized spacial score (nSPS) is 12.0. The molecule has 0 fully saturated rings. The van der Waals surface area contributed by atoms with Crippen molar-refractivity contribution >= 4 is 5.88 Å². The Kier molecular flexibility index (Phi) is 2.13. The zero-order chi connectivity index (χ0) is 9.35. The van der Waals surface area contributed by atoms with Crippen molar-refractivity contribution in [1.82, 2.24) is 5.16 Å². The summed E-state index contributed by atoms with van der Waals surface area (Å²) in [6.07, 6.45) is 0.877. The van der Waals surface area contributed by atoms with E-state index >= 15 is 0 Å². The highest BCUT2D eigenvalue weighted by molar-refractivity contribution is 5.41. The van der Waals surface area contributed by atoms with Crippen LogP contribution in [0.15, 0.2) is 4.52 Å². The van der Waals surface area contributed by atoms with Gasteiger partial charge in [0, 0.05) is 11.0 Å². The molecule has 0 atom stereocenters. The van der Waals surface area contributed by atoms with Gasteiger partial charge in [0.15, 0.2) is 0 Å². The molecule has 0 amide bonds. The van der Waals surface area contributed by atoms with E-state index in [0.29, 0.717) is 5.88 Å². The maximum Gasteiger partial charge on any atom is 0.225 e. The second-order valence-corrected chi connectivity index (χ2v) is 3.98. The van der Waals surface area contributed by atoms with Crippen molar-refractivity contribution in [3.05, 3.63) is 11.3 Å². The van der Waals surface area contributed by atoms with Gasteiger partial charge < -0.3 is 10.3 Å². The van der Waals surface area contributed by atoms with E-state index in [2.05, 4.69) is 32.9 Å². The highest BCUT2D eigenvalue weighted by Gasteiger charge is 2.23. The Morgan fingerprint density at radius 3 is 2.33 bits per heavy atom. The molecule has 0 aromatic carbocycles. The molecule has 68 valence electrons. The van der Waals surface area contributed by atoms with E-state index in [0.717, 1.165) is 17.7 Å². The standard InChI is InChI=1S/C9H16N2O/c1-5-6-7(9(2,3)4)11-12-8(6)10/h5,10H2,1-4H3. The summed E-state index contributed by atoms with van der Waals surface area (Å²) in [4.78, 5) is 0. The molecule has 0 aliphatic carbocycles. The van der Waals surface area contributed by atoms with Crippen molar-refractivity contribution in [2.75, 3.05) is 5.73 Å². The molecule has 0 saturated carbocycles. The Balaban J connectivity index is 3.16. The van der Waals surface area contributed by atoms with Crippen LogP contribution in [0.5, 0.6) is 0 Å². The van der Waals surface area contributed by atoms with Gasteiger partial charge in [0.1, 0.15) is 0 Å². The van der Waals surface area contributed by atoms with Crippen molar-refractivity contribution in [1.29, 1.82) is 0 Å². The van der Waals surface area contributed by atoms with Crippen LogP contribution in [-0.4, -0.2) is 5.16 Å². The first-order chi connectivity index (χ1) is 5.46. The summed E-state index contributed by atoms with van der Waals surface area (Å²) in [6.45, 7) is 8.36. The van der Waals surface area contributed by atoms with Crippen molar-refractivity contribution in [3.63, 3.8) is 0 Å². The molecule has 0 unspecified atom stereocenters. The van der Waals surface area contributed by atoms with E-state index in [4.69, 9.17) is 10.3 Å². The number of nitrogens with zero attached hydrogens (tertiary/aromatic N) is 1. The fraction of sp³-hybridized carbons (Fsp3) is 0.667. The lowest BCUT2D eigenvalue weighted by molar-refractivity contribution is 0.405. The maximum absolute atomic E-state index is 5.62. The molecule has 0 saturated heterocycles. The minimum absolute atomic E-state index is 0.0203. The van der Waals surface area contributed by atoms with Crippen molar-refractivity contribution in [3.8, 4) is 0 Å². The number of anilines is 1. The smallest absolute Gasteiger partial charge is 0.225 e. The Morgan fingerprint density at radius 1 is 1.42 bits per heavy atom. The molecule has 1 aromatic rings. The van der Waals surface area contributed by atoms with Crippen LogP contribution in [0.4, 0.5) is 5.88 Å². The van der Waals surface area contributed by atoms with E-state index in [-0.39, 0.29) is 5.41 Å². The molecule has 3 nitrogen and oxygen atoms in total. The number of hydrogen-bond acceptors (Lipinski definition) is 3. The first-order valence-electron chi connectivity index (χ1n) is 4.21. The second-order valence-electron chi connectivity index (χ2n) is 3.98. The molecule has 2 N–H and O–H groups in total. The summed E-state index contributed by atoms with van der Waals surface area (Å²) in [5.41, 5.74) is 7.66. The van der Waals surface area contributed by atoms with Gasteiger partial charge in [-0.15, -0.1) is 0 Å². The largest absolute Gasteiger partial charge is 0.367 e. The monoisotopic (exact) mass is 168 g/mol. The molecular weight excluding hydrogens is 152 g/mol. The molecule has 1 heterocycles. The van der Waals surface area contributed by atoms with Gasteiger partial charge >= 0.3 is 0 Å². The van der Waals surface area contributed by atoms with E-state index in [1.165, 1.54) is 0 Å². The lowest BCUT2D eigenvalue weighted by Crippen LogP contribution is -2.14. The SMILES string of the molecule is CCc1c(C(C)(C)C)noc1N. The lowest BCUT2D eigenvalue weighted by Gasteiger charge is -2.15. The van der Waals surface area contributed by atoms with E-state index in [9.17, 15) is 0 Å². The predicted molar refractivity (Wildman–Crippen MR) is 49.0 cm³/mol. The molecule has 12 heavy (non-hydrogen) atoms. The molecule has 1 rings (SSSR count). The van der Waals surface area contributed by atoms with Gasteiger partial charge in [-0.25, -0.2) is 0 Å². The summed E-state index contributed by atoms with van der Waals surface area (Å²) < 4.78 is 4.94. The molecule has 1 aromatic heterocycles. The van der Waals surface area contributed by atoms with Crippen LogP contribution in [0.3, 0.4) is 0 Å². The van der Waals surface area contributed by atoms with E-state index in [1.807, 2.05) is 0 Å². The van der Waals surface area contributed by atoms with Crippen LogP contribution in [0.25, 0.3) is 0 Å². The fourth-order valence-electron chi connectivity index (χ4n) is 1.25. The summed E-state index contributed by atoms with van der Waals surface area (Å²) in [6, 6.07) is 0.